The lowest BCUT2D eigenvalue weighted by atomic mass is 10.1. The number of hydrogen-bond donors (Lipinski definition) is 0. The Balaban J connectivity index is 1.67. The molecule has 0 aromatic heterocycles. The van der Waals surface area contributed by atoms with Crippen molar-refractivity contribution in [1.82, 2.24) is 0 Å². The molecule has 0 aliphatic carbocycles. The van der Waals surface area contributed by atoms with Gasteiger partial charge in [-0.2, -0.15) is 0 Å². The van der Waals surface area contributed by atoms with Crippen LogP contribution >= 0.6 is 38.5 Å². The Kier molecular flexibility index (Phi) is 5.19. The average Bonchev–Trinajstić information content (AvgIpc) is 2.98. The Labute approximate surface area is 147 Å². The van der Waals surface area contributed by atoms with Gasteiger partial charge in [0, 0.05) is 14.5 Å². The highest BCUT2D eigenvalue weighted by molar-refractivity contribution is 14.1. The highest BCUT2D eigenvalue weighted by Gasteiger charge is 2.16. The summed E-state index contributed by atoms with van der Waals surface area (Å²) in [6.45, 7) is 1.51. The second-order valence-corrected chi connectivity index (χ2v) is 7.26. The zero-order chi connectivity index (χ0) is 14.7. The highest BCUT2D eigenvalue weighted by atomic mass is 127. The minimum absolute atomic E-state index is 0.209. The summed E-state index contributed by atoms with van der Waals surface area (Å²) in [5.41, 5.74) is 2.59. The first-order chi connectivity index (χ1) is 10.2. The van der Waals surface area contributed by atoms with Crippen LogP contribution in [0, 0.1) is 3.57 Å². The molecule has 0 amide bonds. The summed E-state index contributed by atoms with van der Waals surface area (Å²) in [7, 11) is 0. The summed E-state index contributed by atoms with van der Waals surface area (Å²) in [5.74, 6) is 0.927. The minimum Gasteiger partial charge on any atom is -0.488 e. The van der Waals surface area contributed by atoms with Crippen LogP contribution < -0.4 is 4.74 Å². The smallest absolute Gasteiger partial charge is 0.124 e. The van der Waals surface area contributed by atoms with Crippen LogP contribution in [0.2, 0.25) is 0 Å². The summed E-state index contributed by atoms with van der Waals surface area (Å²) >= 11 is 5.96. The lowest BCUT2D eigenvalue weighted by molar-refractivity contribution is 0.141. The van der Waals surface area contributed by atoms with Crippen LogP contribution in [0.1, 0.15) is 17.5 Å². The van der Waals surface area contributed by atoms with Crippen LogP contribution in [-0.2, 0) is 11.2 Å². The maximum Gasteiger partial charge on any atom is 0.124 e. The fourth-order valence-corrected chi connectivity index (χ4v) is 3.33. The Morgan fingerprint density at radius 3 is 2.71 bits per heavy atom. The SMILES string of the molecule is Brc1ccc(I)cc1Cc1ccc(O[C@@H]2CCOC2)cc1. The van der Waals surface area contributed by atoms with Gasteiger partial charge in [-0.1, -0.05) is 28.1 Å². The summed E-state index contributed by atoms with van der Waals surface area (Å²) in [4.78, 5) is 0. The van der Waals surface area contributed by atoms with Crippen molar-refractivity contribution in [2.24, 2.45) is 0 Å². The number of ether oxygens (including phenoxy) is 2. The minimum atomic E-state index is 0.209. The van der Waals surface area contributed by atoms with Gasteiger partial charge < -0.3 is 9.47 Å². The first kappa shape index (κ1) is 15.3. The third kappa shape index (κ3) is 4.20. The van der Waals surface area contributed by atoms with Crippen LogP contribution in [0.3, 0.4) is 0 Å². The topological polar surface area (TPSA) is 18.5 Å². The zero-order valence-electron chi connectivity index (χ0n) is 11.5. The molecule has 0 unspecified atom stereocenters. The number of rotatable bonds is 4. The molecule has 1 heterocycles. The van der Waals surface area contributed by atoms with E-state index >= 15 is 0 Å². The van der Waals surface area contributed by atoms with Crippen molar-refractivity contribution in [1.29, 1.82) is 0 Å². The van der Waals surface area contributed by atoms with Crippen molar-refractivity contribution >= 4 is 38.5 Å². The van der Waals surface area contributed by atoms with Crippen molar-refractivity contribution in [3.05, 3.63) is 61.6 Å². The Hall–Kier alpha value is -0.590. The lowest BCUT2D eigenvalue weighted by Crippen LogP contribution is -2.15. The number of benzene rings is 2. The highest BCUT2D eigenvalue weighted by Crippen LogP contribution is 2.24. The average molecular weight is 459 g/mol. The van der Waals surface area contributed by atoms with Gasteiger partial charge in [0.1, 0.15) is 11.9 Å². The van der Waals surface area contributed by atoms with Crippen molar-refractivity contribution in [2.75, 3.05) is 13.2 Å². The van der Waals surface area contributed by atoms with E-state index in [4.69, 9.17) is 9.47 Å². The summed E-state index contributed by atoms with van der Waals surface area (Å²) in [6.07, 6.45) is 2.11. The van der Waals surface area contributed by atoms with E-state index < -0.39 is 0 Å². The Morgan fingerprint density at radius 2 is 2.00 bits per heavy atom. The molecule has 2 nitrogen and oxygen atoms in total. The molecular formula is C17H16BrIO2. The first-order valence-corrected chi connectivity index (χ1v) is 8.85. The van der Waals surface area contributed by atoms with Crippen LogP contribution in [0.5, 0.6) is 5.75 Å². The van der Waals surface area contributed by atoms with E-state index in [2.05, 4.69) is 81.0 Å². The number of halogens is 2. The zero-order valence-corrected chi connectivity index (χ0v) is 15.3. The fourth-order valence-electron chi connectivity index (χ4n) is 2.38. The van der Waals surface area contributed by atoms with Crippen molar-refractivity contribution < 1.29 is 9.47 Å². The molecule has 0 bridgehead atoms. The van der Waals surface area contributed by atoms with E-state index in [0.717, 1.165) is 29.7 Å². The van der Waals surface area contributed by atoms with E-state index in [1.807, 2.05) is 0 Å². The van der Waals surface area contributed by atoms with Gasteiger partial charge in [-0.25, -0.2) is 0 Å². The molecule has 0 N–H and O–H groups in total. The quantitative estimate of drug-likeness (QED) is 0.612. The van der Waals surface area contributed by atoms with Crippen LogP contribution in [-0.4, -0.2) is 19.3 Å². The second-order valence-electron chi connectivity index (χ2n) is 5.16. The normalized spacial score (nSPS) is 17.9. The van der Waals surface area contributed by atoms with Gasteiger partial charge in [0.15, 0.2) is 0 Å². The standard InChI is InChI=1S/C17H16BrIO2/c18-17-6-3-14(19)10-13(17)9-12-1-4-15(5-2-12)21-16-7-8-20-11-16/h1-6,10,16H,7-9,11H2/t16-/m1/s1. The fraction of sp³-hybridized carbons (Fsp3) is 0.294. The Bertz CT molecular complexity index is 607. The van der Waals surface area contributed by atoms with Crippen molar-refractivity contribution in [3.8, 4) is 5.75 Å². The molecule has 0 saturated carbocycles. The summed E-state index contributed by atoms with van der Waals surface area (Å²) < 4.78 is 13.6. The molecule has 1 aliphatic heterocycles. The van der Waals surface area contributed by atoms with Crippen LogP contribution in [0.4, 0.5) is 0 Å². The van der Waals surface area contributed by atoms with Gasteiger partial charge in [-0.05, 0) is 70.5 Å². The molecule has 4 heteroatoms. The molecule has 2 aromatic rings. The first-order valence-electron chi connectivity index (χ1n) is 6.98. The van der Waals surface area contributed by atoms with Gasteiger partial charge in [0.25, 0.3) is 0 Å². The van der Waals surface area contributed by atoms with Crippen LogP contribution in [0.15, 0.2) is 46.9 Å². The molecule has 3 rings (SSSR count). The van der Waals surface area contributed by atoms with E-state index in [-0.39, 0.29) is 6.10 Å². The van der Waals surface area contributed by atoms with E-state index in [0.29, 0.717) is 6.61 Å². The molecule has 110 valence electrons. The molecule has 0 radical (unpaired) electrons. The molecular weight excluding hydrogens is 443 g/mol. The van der Waals surface area contributed by atoms with Gasteiger partial charge in [0.2, 0.25) is 0 Å². The maximum atomic E-state index is 5.89. The van der Waals surface area contributed by atoms with Gasteiger partial charge in [-0.15, -0.1) is 0 Å². The van der Waals surface area contributed by atoms with Gasteiger partial charge >= 0.3 is 0 Å². The van der Waals surface area contributed by atoms with Gasteiger partial charge in [-0.3, -0.25) is 0 Å². The third-order valence-electron chi connectivity index (χ3n) is 3.52. The van der Waals surface area contributed by atoms with Crippen molar-refractivity contribution in [2.45, 2.75) is 18.9 Å². The van der Waals surface area contributed by atoms with Crippen molar-refractivity contribution in [3.63, 3.8) is 0 Å². The predicted octanol–water partition coefficient (Wildman–Crippen LogP) is 4.81. The van der Waals surface area contributed by atoms with E-state index in [1.54, 1.807) is 0 Å². The molecule has 0 spiro atoms. The lowest BCUT2D eigenvalue weighted by Gasteiger charge is -2.12. The summed E-state index contributed by atoms with van der Waals surface area (Å²) in [5, 5.41) is 0. The monoisotopic (exact) mass is 458 g/mol. The third-order valence-corrected chi connectivity index (χ3v) is 4.96. The second kappa shape index (κ2) is 7.11. The van der Waals surface area contributed by atoms with Crippen LogP contribution in [0.25, 0.3) is 0 Å². The number of hydrogen-bond acceptors (Lipinski definition) is 2. The van der Waals surface area contributed by atoms with E-state index in [1.165, 1.54) is 14.7 Å². The summed E-state index contributed by atoms with van der Waals surface area (Å²) in [6, 6.07) is 14.8. The molecule has 1 aliphatic rings. The van der Waals surface area contributed by atoms with E-state index in [9.17, 15) is 0 Å². The largest absolute Gasteiger partial charge is 0.488 e. The predicted molar refractivity (Wildman–Crippen MR) is 96.0 cm³/mol. The molecule has 2 aromatic carbocycles. The molecule has 1 atom stereocenters. The molecule has 1 saturated heterocycles. The molecule has 21 heavy (non-hydrogen) atoms. The molecule has 1 fully saturated rings. The maximum absolute atomic E-state index is 5.89. The Morgan fingerprint density at radius 1 is 1.19 bits per heavy atom. The van der Waals surface area contributed by atoms with Gasteiger partial charge in [0.05, 0.1) is 13.2 Å².